The van der Waals surface area contributed by atoms with Gasteiger partial charge < -0.3 is 29.2 Å². The lowest BCUT2D eigenvalue weighted by atomic mass is 10.1. The third kappa shape index (κ3) is 6.09. The number of carbonyl (C=O) groups is 2. The largest absolute Gasteiger partial charge is 0.493 e. The van der Waals surface area contributed by atoms with Gasteiger partial charge in [0.05, 0.1) is 33.4 Å². The zero-order valence-electron chi connectivity index (χ0n) is 19.7. The van der Waals surface area contributed by atoms with Gasteiger partial charge in [-0.2, -0.15) is 0 Å². The highest BCUT2D eigenvalue weighted by atomic mass is 16.5. The molecule has 0 radical (unpaired) electrons. The monoisotopic (exact) mass is 456 g/mol. The Balaban J connectivity index is 1.58. The molecule has 2 aromatic carbocycles. The Bertz CT molecular complexity index is 977. The van der Waals surface area contributed by atoms with E-state index in [0.717, 1.165) is 5.56 Å². The van der Waals surface area contributed by atoms with Crippen LogP contribution in [0.1, 0.15) is 25.8 Å². The number of methoxy groups -OCH3 is 2. The molecule has 1 aliphatic rings. The van der Waals surface area contributed by atoms with Gasteiger partial charge in [-0.3, -0.25) is 9.59 Å². The summed E-state index contributed by atoms with van der Waals surface area (Å²) in [5, 5.41) is 2.91. The molecule has 0 unspecified atom stereocenters. The number of hydrogen-bond acceptors (Lipinski definition) is 6. The predicted octanol–water partition coefficient (Wildman–Crippen LogP) is 3.53. The first-order valence-electron chi connectivity index (χ1n) is 11.2. The van der Waals surface area contributed by atoms with Crippen LogP contribution in [0, 0.1) is 5.92 Å². The number of anilines is 1. The van der Waals surface area contributed by atoms with Gasteiger partial charge in [-0.25, -0.2) is 0 Å². The van der Waals surface area contributed by atoms with E-state index in [2.05, 4.69) is 5.32 Å². The molecule has 178 valence electrons. The summed E-state index contributed by atoms with van der Waals surface area (Å²) < 4.78 is 21.8. The van der Waals surface area contributed by atoms with Crippen LogP contribution in [0.25, 0.3) is 0 Å². The maximum absolute atomic E-state index is 12.8. The smallest absolute Gasteiger partial charge is 0.229 e. The quantitative estimate of drug-likeness (QED) is 0.557. The summed E-state index contributed by atoms with van der Waals surface area (Å²) >= 11 is 0. The Labute approximate surface area is 194 Å². The minimum atomic E-state index is -0.398. The minimum Gasteiger partial charge on any atom is -0.493 e. The predicted molar refractivity (Wildman–Crippen MR) is 125 cm³/mol. The van der Waals surface area contributed by atoms with E-state index in [4.69, 9.17) is 18.9 Å². The third-order valence-corrected chi connectivity index (χ3v) is 5.51. The lowest BCUT2D eigenvalue weighted by Gasteiger charge is -2.17. The van der Waals surface area contributed by atoms with Gasteiger partial charge in [0.15, 0.2) is 23.0 Å². The molecule has 1 saturated heterocycles. The van der Waals surface area contributed by atoms with E-state index in [1.54, 1.807) is 37.3 Å². The van der Waals surface area contributed by atoms with Gasteiger partial charge in [0.1, 0.15) is 0 Å². The molecule has 1 N–H and O–H groups in total. The standard InChI is InChI=1S/C25H32N2O6/c1-5-32-21-10-8-19(15-23(21)33-6-2)26-25(29)18-14-24(28)27(16-18)12-11-17-7-9-20(30-3)22(13-17)31-4/h7-10,13,15,18H,5-6,11-12,14,16H2,1-4H3,(H,26,29)/t18-/m0/s1. The first-order valence-corrected chi connectivity index (χ1v) is 11.2. The Morgan fingerprint density at radius 2 is 1.67 bits per heavy atom. The van der Waals surface area contributed by atoms with Crippen LogP contribution in [0.5, 0.6) is 23.0 Å². The summed E-state index contributed by atoms with van der Waals surface area (Å²) in [5.41, 5.74) is 1.65. The molecule has 2 amide bonds. The average molecular weight is 457 g/mol. The second kappa shape index (κ2) is 11.4. The fourth-order valence-corrected chi connectivity index (χ4v) is 3.84. The molecule has 0 bridgehead atoms. The van der Waals surface area contributed by atoms with E-state index < -0.39 is 5.92 Å². The summed E-state index contributed by atoms with van der Waals surface area (Å²) in [5.74, 6) is 1.94. The molecule has 8 nitrogen and oxygen atoms in total. The highest BCUT2D eigenvalue weighted by Crippen LogP contribution is 2.31. The zero-order chi connectivity index (χ0) is 23.8. The van der Waals surface area contributed by atoms with Crippen LogP contribution in [0.4, 0.5) is 5.69 Å². The van der Waals surface area contributed by atoms with E-state index in [0.29, 0.717) is 61.4 Å². The van der Waals surface area contributed by atoms with Crippen molar-refractivity contribution < 1.29 is 28.5 Å². The van der Waals surface area contributed by atoms with Crippen LogP contribution in [-0.2, 0) is 16.0 Å². The van der Waals surface area contributed by atoms with Gasteiger partial charge in [0, 0.05) is 31.3 Å². The maximum atomic E-state index is 12.8. The van der Waals surface area contributed by atoms with Crippen molar-refractivity contribution >= 4 is 17.5 Å². The number of nitrogens with zero attached hydrogens (tertiary/aromatic N) is 1. The van der Waals surface area contributed by atoms with Gasteiger partial charge in [0.25, 0.3) is 0 Å². The van der Waals surface area contributed by atoms with Gasteiger partial charge >= 0.3 is 0 Å². The molecule has 0 spiro atoms. The third-order valence-electron chi connectivity index (χ3n) is 5.51. The molecular weight excluding hydrogens is 424 g/mol. The lowest BCUT2D eigenvalue weighted by molar-refractivity contribution is -0.128. The first-order chi connectivity index (χ1) is 16.0. The number of rotatable bonds is 11. The molecule has 0 saturated carbocycles. The molecule has 8 heteroatoms. The summed E-state index contributed by atoms with van der Waals surface area (Å²) in [7, 11) is 3.19. The van der Waals surface area contributed by atoms with Crippen molar-refractivity contribution in [2.75, 3.05) is 45.8 Å². The molecule has 2 aromatic rings. The van der Waals surface area contributed by atoms with E-state index >= 15 is 0 Å². The summed E-state index contributed by atoms with van der Waals surface area (Å²) in [4.78, 5) is 27.1. The molecule has 33 heavy (non-hydrogen) atoms. The van der Waals surface area contributed by atoms with Crippen molar-refractivity contribution in [2.45, 2.75) is 26.7 Å². The second-order valence-electron chi connectivity index (χ2n) is 7.70. The molecule has 1 atom stereocenters. The number of benzene rings is 2. The van der Waals surface area contributed by atoms with Gasteiger partial charge in [-0.05, 0) is 50.1 Å². The van der Waals surface area contributed by atoms with E-state index in [1.165, 1.54) is 0 Å². The zero-order valence-corrected chi connectivity index (χ0v) is 19.7. The highest BCUT2D eigenvalue weighted by molar-refractivity contribution is 5.97. The minimum absolute atomic E-state index is 0.0164. The lowest BCUT2D eigenvalue weighted by Crippen LogP contribution is -2.30. The normalized spacial score (nSPS) is 15.3. The molecule has 1 heterocycles. The Kier molecular flexibility index (Phi) is 8.40. The second-order valence-corrected chi connectivity index (χ2v) is 7.70. The van der Waals surface area contributed by atoms with Crippen LogP contribution in [0.3, 0.4) is 0 Å². The topological polar surface area (TPSA) is 86.3 Å². The first kappa shape index (κ1) is 24.2. The number of nitrogens with one attached hydrogen (secondary N) is 1. The molecule has 0 aromatic heterocycles. The SMILES string of the molecule is CCOc1ccc(NC(=O)[C@H]2CC(=O)N(CCc3ccc(OC)c(OC)c3)C2)cc1OCC. The Morgan fingerprint density at radius 3 is 2.36 bits per heavy atom. The number of hydrogen-bond donors (Lipinski definition) is 1. The van der Waals surface area contributed by atoms with Gasteiger partial charge in [-0.1, -0.05) is 6.07 Å². The van der Waals surface area contributed by atoms with Crippen molar-refractivity contribution in [3.8, 4) is 23.0 Å². The van der Waals surface area contributed by atoms with E-state index in [-0.39, 0.29) is 18.2 Å². The van der Waals surface area contributed by atoms with Crippen molar-refractivity contribution in [3.63, 3.8) is 0 Å². The summed E-state index contributed by atoms with van der Waals surface area (Å²) in [6.07, 6.45) is 0.865. The summed E-state index contributed by atoms with van der Waals surface area (Å²) in [6, 6.07) is 11.0. The average Bonchev–Trinajstić information content (AvgIpc) is 3.20. The Morgan fingerprint density at radius 1 is 0.970 bits per heavy atom. The number of amides is 2. The molecule has 1 aliphatic heterocycles. The fourth-order valence-electron chi connectivity index (χ4n) is 3.84. The van der Waals surface area contributed by atoms with Gasteiger partial charge in [0.2, 0.25) is 11.8 Å². The molecule has 0 aliphatic carbocycles. The van der Waals surface area contributed by atoms with Gasteiger partial charge in [-0.15, -0.1) is 0 Å². The molecular formula is C25H32N2O6. The molecule has 1 fully saturated rings. The number of ether oxygens (including phenoxy) is 4. The van der Waals surface area contributed by atoms with Crippen molar-refractivity contribution in [3.05, 3.63) is 42.0 Å². The van der Waals surface area contributed by atoms with Crippen LogP contribution in [-0.4, -0.2) is 57.2 Å². The van der Waals surface area contributed by atoms with Crippen LogP contribution in [0.15, 0.2) is 36.4 Å². The number of carbonyl (C=O) groups excluding carboxylic acids is 2. The van der Waals surface area contributed by atoms with Crippen molar-refractivity contribution in [1.82, 2.24) is 4.90 Å². The van der Waals surface area contributed by atoms with E-state index in [1.807, 2.05) is 32.0 Å². The number of likely N-dealkylation sites (tertiary alicyclic amines) is 1. The molecule has 3 rings (SSSR count). The highest BCUT2D eigenvalue weighted by Gasteiger charge is 2.34. The summed E-state index contributed by atoms with van der Waals surface area (Å²) in [6.45, 7) is 5.74. The maximum Gasteiger partial charge on any atom is 0.229 e. The fraction of sp³-hybridized carbons (Fsp3) is 0.440. The van der Waals surface area contributed by atoms with Crippen molar-refractivity contribution in [1.29, 1.82) is 0 Å². The van der Waals surface area contributed by atoms with E-state index in [9.17, 15) is 9.59 Å². The van der Waals surface area contributed by atoms with Crippen LogP contribution in [0.2, 0.25) is 0 Å². The Hall–Kier alpha value is -3.42. The van der Waals surface area contributed by atoms with Crippen LogP contribution >= 0.6 is 0 Å². The van der Waals surface area contributed by atoms with Crippen molar-refractivity contribution in [2.24, 2.45) is 5.92 Å². The van der Waals surface area contributed by atoms with Crippen LogP contribution < -0.4 is 24.3 Å².